The number of rotatable bonds is 2. The second kappa shape index (κ2) is 3.63. The molecule has 0 spiro atoms. The van der Waals surface area contributed by atoms with Gasteiger partial charge in [-0.05, 0) is 18.2 Å². The lowest BCUT2D eigenvalue weighted by atomic mass is 10.2. The van der Waals surface area contributed by atoms with Gasteiger partial charge in [0.1, 0.15) is 11.0 Å². The van der Waals surface area contributed by atoms with Gasteiger partial charge >= 0.3 is 0 Å². The van der Waals surface area contributed by atoms with E-state index < -0.39 is 10.1 Å². The van der Waals surface area contributed by atoms with Crippen molar-refractivity contribution in [1.29, 1.82) is 5.26 Å². The van der Waals surface area contributed by atoms with Gasteiger partial charge in [0, 0.05) is 17.1 Å². The van der Waals surface area contributed by atoms with E-state index in [-0.39, 0.29) is 10.5 Å². The van der Waals surface area contributed by atoms with Crippen molar-refractivity contribution in [3.05, 3.63) is 30.0 Å². The summed E-state index contributed by atoms with van der Waals surface area (Å²) in [4.78, 5) is 2.80. The molecule has 1 aromatic carbocycles. The minimum Gasteiger partial charge on any atom is -0.361 e. The molecule has 0 aliphatic heterocycles. The number of benzene rings is 1. The summed E-state index contributed by atoms with van der Waals surface area (Å²) in [6.45, 7) is 0. The topological polar surface area (TPSA) is 83.0 Å². The molecular formula is C10H8N2O3S. The Hall–Kier alpha value is -1.84. The molecule has 0 unspecified atom stereocenters. The molecule has 0 fully saturated rings. The van der Waals surface area contributed by atoms with Crippen LogP contribution in [-0.2, 0) is 14.3 Å². The molecule has 1 heterocycles. The van der Waals surface area contributed by atoms with Crippen LogP contribution in [-0.4, -0.2) is 20.5 Å². The smallest absolute Gasteiger partial charge is 0.298 e. The molecule has 1 aromatic heterocycles. The van der Waals surface area contributed by atoms with Crippen LogP contribution in [0, 0.1) is 11.3 Å². The number of nitrogens with zero attached hydrogens (tertiary/aromatic N) is 1. The van der Waals surface area contributed by atoms with Crippen molar-refractivity contribution < 1.29 is 12.6 Å². The highest BCUT2D eigenvalue weighted by atomic mass is 32.2. The van der Waals surface area contributed by atoms with E-state index >= 15 is 0 Å². The molecule has 1 N–H and O–H groups in total. The monoisotopic (exact) mass is 236 g/mol. The van der Waals surface area contributed by atoms with Crippen LogP contribution in [0.15, 0.2) is 29.3 Å². The Bertz CT molecular complexity index is 680. The van der Waals surface area contributed by atoms with E-state index in [1.54, 1.807) is 12.3 Å². The zero-order valence-electron chi connectivity index (χ0n) is 8.39. The van der Waals surface area contributed by atoms with Crippen LogP contribution < -0.4 is 0 Å². The van der Waals surface area contributed by atoms with Gasteiger partial charge in [-0.15, -0.1) is 0 Å². The lowest BCUT2D eigenvalue weighted by Gasteiger charge is -2.03. The van der Waals surface area contributed by atoms with E-state index in [9.17, 15) is 8.42 Å². The third-order valence-electron chi connectivity index (χ3n) is 2.26. The maximum Gasteiger partial charge on any atom is 0.298 e. The fourth-order valence-electron chi connectivity index (χ4n) is 1.46. The summed E-state index contributed by atoms with van der Waals surface area (Å²) in [5.41, 5.74) is 0.781. The average molecular weight is 236 g/mol. The van der Waals surface area contributed by atoms with Crippen molar-refractivity contribution >= 4 is 21.0 Å². The number of nitrogens with one attached hydrogen (secondary N) is 1. The fourth-order valence-corrected chi connectivity index (χ4v) is 2.29. The molecule has 5 nitrogen and oxygen atoms in total. The molecule has 0 bridgehead atoms. The lowest BCUT2D eigenvalue weighted by molar-refractivity contribution is 0.397. The van der Waals surface area contributed by atoms with Crippen LogP contribution in [0.25, 0.3) is 10.9 Å². The number of H-pyrrole nitrogens is 1. The molecule has 2 rings (SSSR count). The second-order valence-corrected chi connectivity index (χ2v) is 4.83. The number of hydrogen-bond donors (Lipinski definition) is 1. The number of aromatic nitrogens is 1. The molecule has 0 radical (unpaired) electrons. The van der Waals surface area contributed by atoms with Gasteiger partial charge in [0.25, 0.3) is 10.1 Å². The highest BCUT2D eigenvalue weighted by Crippen LogP contribution is 2.23. The zero-order chi connectivity index (χ0) is 11.8. The van der Waals surface area contributed by atoms with Crippen LogP contribution in [0.4, 0.5) is 0 Å². The highest BCUT2D eigenvalue weighted by Gasteiger charge is 2.19. The van der Waals surface area contributed by atoms with Gasteiger partial charge in [-0.1, -0.05) is 0 Å². The van der Waals surface area contributed by atoms with Crippen molar-refractivity contribution in [3.63, 3.8) is 0 Å². The van der Waals surface area contributed by atoms with E-state index in [4.69, 9.17) is 5.26 Å². The summed E-state index contributed by atoms with van der Waals surface area (Å²) >= 11 is 0. The van der Waals surface area contributed by atoms with Crippen LogP contribution in [0.5, 0.6) is 0 Å². The van der Waals surface area contributed by atoms with Gasteiger partial charge in [0.15, 0.2) is 0 Å². The largest absolute Gasteiger partial charge is 0.361 e. The van der Waals surface area contributed by atoms with Gasteiger partial charge in [-0.2, -0.15) is 13.7 Å². The molecule has 2 aromatic rings. The molecule has 6 heteroatoms. The Morgan fingerprint density at radius 2 is 2.19 bits per heavy atom. The van der Waals surface area contributed by atoms with E-state index in [1.807, 2.05) is 6.07 Å². The third-order valence-corrected chi connectivity index (χ3v) is 3.58. The minimum absolute atomic E-state index is 0.0665. The molecule has 82 valence electrons. The SMILES string of the molecule is COS(=O)(=O)c1cc2cc[nH]c2cc1C#N. The standard InChI is InChI=1S/C10H8N2O3S/c1-15-16(13,14)10-5-7-2-3-12-9(7)4-8(10)6-11/h2-5,12H,1H3. The van der Waals surface area contributed by atoms with Gasteiger partial charge < -0.3 is 4.98 Å². The second-order valence-electron chi connectivity index (χ2n) is 3.15. The van der Waals surface area contributed by atoms with Crippen molar-refractivity contribution in [1.82, 2.24) is 4.98 Å². The first-order valence-electron chi connectivity index (χ1n) is 4.40. The Morgan fingerprint density at radius 3 is 2.81 bits per heavy atom. The molecular weight excluding hydrogens is 228 g/mol. The van der Waals surface area contributed by atoms with E-state index in [2.05, 4.69) is 9.17 Å². The van der Waals surface area contributed by atoms with Crippen LogP contribution in [0.3, 0.4) is 0 Å². The van der Waals surface area contributed by atoms with Crippen molar-refractivity contribution in [2.45, 2.75) is 4.90 Å². The third kappa shape index (κ3) is 1.56. The van der Waals surface area contributed by atoms with E-state index in [1.165, 1.54) is 12.1 Å². The maximum atomic E-state index is 11.6. The van der Waals surface area contributed by atoms with Crippen LogP contribution in [0.1, 0.15) is 5.56 Å². The number of fused-ring (bicyclic) bond motifs is 1. The maximum absolute atomic E-state index is 11.6. The first-order chi connectivity index (χ1) is 7.58. The van der Waals surface area contributed by atoms with Gasteiger partial charge in [-0.25, -0.2) is 0 Å². The van der Waals surface area contributed by atoms with E-state index in [0.29, 0.717) is 5.52 Å². The summed E-state index contributed by atoms with van der Waals surface area (Å²) in [5.74, 6) is 0. The molecule has 0 aliphatic rings. The summed E-state index contributed by atoms with van der Waals surface area (Å²) in [6.07, 6.45) is 1.68. The number of aromatic amines is 1. The molecule has 0 aliphatic carbocycles. The van der Waals surface area contributed by atoms with Crippen molar-refractivity contribution in [2.24, 2.45) is 0 Å². The molecule has 0 atom stereocenters. The normalized spacial score (nSPS) is 11.5. The van der Waals surface area contributed by atoms with E-state index in [0.717, 1.165) is 12.5 Å². The zero-order valence-corrected chi connectivity index (χ0v) is 9.21. The Balaban J connectivity index is 2.83. The van der Waals surface area contributed by atoms with Gasteiger partial charge in [0.05, 0.1) is 12.7 Å². The van der Waals surface area contributed by atoms with Gasteiger partial charge in [-0.3, -0.25) is 4.18 Å². The van der Waals surface area contributed by atoms with Gasteiger partial charge in [0.2, 0.25) is 0 Å². The highest BCUT2D eigenvalue weighted by molar-refractivity contribution is 7.86. The van der Waals surface area contributed by atoms with Crippen molar-refractivity contribution in [2.75, 3.05) is 7.11 Å². The quantitative estimate of drug-likeness (QED) is 0.798. The fraction of sp³-hybridized carbons (Fsp3) is 0.100. The Kier molecular flexibility index (Phi) is 2.42. The average Bonchev–Trinajstić information content (AvgIpc) is 2.74. The summed E-state index contributed by atoms with van der Waals surface area (Å²) in [7, 11) is -2.78. The first kappa shape index (κ1) is 10.7. The lowest BCUT2D eigenvalue weighted by Crippen LogP contribution is -2.05. The van der Waals surface area contributed by atoms with Crippen molar-refractivity contribution in [3.8, 4) is 6.07 Å². The Labute approximate surface area is 92.4 Å². The minimum atomic E-state index is -3.85. The Morgan fingerprint density at radius 1 is 1.44 bits per heavy atom. The summed E-state index contributed by atoms with van der Waals surface area (Å²) < 4.78 is 27.5. The molecule has 0 saturated heterocycles. The van der Waals surface area contributed by atoms with Crippen LogP contribution >= 0.6 is 0 Å². The summed E-state index contributed by atoms with van der Waals surface area (Å²) in [5, 5.41) is 9.61. The predicted octanol–water partition coefficient (Wildman–Crippen LogP) is 1.37. The molecule has 16 heavy (non-hydrogen) atoms. The predicted molar refractivity (Wildman–Crippen MR) is 57.2 cm³/mol. The van der Waals surface area contributed by atoms with Crippen LogP contribution in [0.2, 0.25) is 0 Å². The summed E-state index contributed by atoms with van der Waals surface area (Å²) in [6, 6.07) is 6.47. The number of hydrogen-bond acceptors (Lipinski definition) is 4. The first-order valence-corrected chi connectivity index (χ1v) is 5.81. The number of nitriles is 1. The molecule has 0 saturated carbocycles. The molecule has 0 amide bonds.